The molecule has 0 fully saturated rings. The zero-order chi connectivity index (χ0) is 22.6. The number of hydrogen-bond donors (Lipinski definition) is 0. The molecule has 2 unspecified atom stereocenters. The van der Waals surface area contributed by atoms with Gasteiger partial charge in [-0.25, -0.2) is 0 Å². The van der Waals surface area contributed by atoms with Gasteiger partial charge in [-0.1, -0.05) is 0 Å². The van der Waals surface area contributed by atoms with Crippen LogP contribution in [-0.4, -0.2) is 0 Å². The van der Waals surface area contributed by atoms with Crippen molar-refractivity contribution in [2.75, 3.05) is 0 Å². The molecule has 2 heteroatoms. The standard InChI is InChI=1S/2C11H11.C3H6.4CH3.2Zr/c2*1-2-9-7-10-5-3-4-6-11(10)8-9;1-3-2;;;;;;/h2*3-8H,2H2,1H3;1-2H3;4*1H3;;. The van der Waals surface area contributed by atoms with Crippen molar-refractivity contribution < 1.29 is 40.5 Å². The van der Waals surface area contributed by atoms with Gasteiger partial charge in [-0.05, 0) is 0 Å². The molecule has 0 nitrogen and oxygen atoms in total. The molecule has 0 amide bonds. The maximum atomic E-state index is 2.79. The third-order valence-electron chi connectivity index (χ3n) is 9.52. The Morgan fingerprint density at radius 1 is 0.645 bits per heavy atom. The molecule has 0 radical (unpaired) electrons. The summed E-state index contributed by atoms with van der Waals surface area (Å²) >= 11 is -5.34. The molecular formula is C29H40Zr2. The molecule has 0 spiro atoms. The van der Waals surface area contributed by atoms with Crippen molar-refractivity contribution in [3.8, 4) is 0 Å². The van der Waals surface area contributed by atoms with E-state index in [2.05, 4.69) is 107 Å². The van der Waals surface area contributed by atoms with Gasteiger partial charge < -0.3 is 0 Å². The van der Waals surface area contributed by atoms with Gasteiger partial charge in [0.1, 0.15) is 0 Å². The monoisotopic (exact) mass is 568 g/mol. The predicted molar refractivity (Wildman–Crippen MR) is 132 cm³/mol. The van der Waals surface area contributed by atoms with Gasteiger partial charge in [0.15, 0.2) is 0 Å². The number of rotatable bonds is 6. The van der Waals surface area contributed by atoms with E-state index < -0.39 is 40.5 Å². The summed E-state index contributed by atoms with van der Waals surface area (Å²) in [6.07, 6.45) is 7.47. The van der Waals surface area contributed by atoms with Gasteiger partial charge in [0.25, 0.3) is 0 Å². The van der Waals surface area contributed by atoms with Gasteiger partial charge in [-0.2, -0.15) is 0 Å². The molecule has 0 saturated heterocycles. The Morgan fingerprint density at radius 3 is 1.35 bits per heavy atom. The molecule has 2 atom stereocenters. The number of hydrogen-bond acceptors (Lipinski definition) is 0. The van der Waals surface area contributed by atoms with Crippen LogP contribution in [0, 0.1) is 0 Å². The first-order chi connectivity index (χ1) is 14.6. The first-order valence-corrected chi connectivity index (χ1v) is 27.3. The molecule has 31 heavy (non-hydrogen) atoms. The van der Waals surface area contributed by atoms with Crippen LogP contribution in [0.4, 0.5) is 0 Å². The quantitative estimate of drug-likeness (QED) is 0.324. The predicted octanol–water partition coefficient (Wildman–Crippen LogP) is 9.74. The van der Waals surface area contributed by atoms with Crippen LogP contribution in [0.2, 0.25) is 19.4 Å². The van der Waals surface area contributed by atoms with E-state index >= 15 is 0 Å². The van der Waals surface area contributed by atoms with Gasteiger partial charge in [0, 0.05) is 0 Å². The van der Waals surface area contributed by atoms with Crippen molar-refractivity contribution >= 4 is 12.2 Å². The Kier molecular flexibility index (Phi) is 6.52. The molecule has 0 aromatic heterocycles. The molecule has 0 bridgehead atoms. The molecule has 0 heterocycles. The van der Waals surface area contributed by atoms with Gasteiger partial charge >= 0.3 is 202 Å². The van der Waals surface area contributed by atoms with Crippen molar-refractivity contribution in [2.24, 2.45) is 0 Å². The molecule has 0 saturated carbocycles. The van der Waals surface area contributed by atoms with Crippen LogP contribution in [0.5, 0.6) is 0 Å². The molecular weight excluding hydrogens is 531 g/mol. The van der Waals surface area contributed by atoms with Gasteiger partial charge in [0.2, 0.25) is 0 Å². The minimum atomic E-state index is -2.67. The average molecular weight is 571 g/mol. The molecule has 164 valence electrons. The van der Waals surface area contributed by atoms with Crippen molar-refractivity contribution in [3.63, 3.8) is 0 Å². The summed E-state index contributed by atoms with van der Waals surface area (Å²) < 4.78 is 13.1. The molecule has 4 rings (SSSR count). The maximum absolute atomic E-state index is 2.79. The van der Waals surface area contributed by atoms with E-state index in [1.807, 2.05) is 0 Å². The van der Waals surface area contributed by atoms with Crippen LogP contribution in [0.25, 0.3) is 12.2 Å². The average Bonchev–Trinajstić information content (AvgIpc) is 3.31. The van der Waals surface area contributed by atoms with Gasteiger partial charge in [-0.3, -0.25) is 0 Å². The molecule has 0 N–H and O–H groups in total. The Balaban J connectivity index is 1.82. The molecule has 2 aromatic rings. The second-order valence-electron chi connectivity index (χ2n) is 11.3. The first kappa shape index (κ1) is 23.8. The normalized spacial score (nSPS) is 20.9. The Labute approximate surface area is 200 Å². The van der Waals surface area contributed by atoms with Crippen LogP contribution in [0.15, 0.2) is 59.7 Å². The summed E-state index contributed by atoms with van der Waals surface area (Å²) in [5, 5.41) is 0. The third-order valence-corrected chi connectivity index (χ3v) is 54.5. The van der Waals surface area contributed by atoms with E-state index in [0.717, 1.165) is 7.25 Å². The van der Waals surface area contributed by atoms with E-state index in [9.17, 15) is 0 Å². The zero-order valence-electron chi connectivity index (χ0n) is 20.8. The fourth-order valence-corrected chi connectivity index (χ4v) is 53.7. The van der Waals surface area contributed by atoms with E-state index in [0.29, 0.717) is 0.831 Å². The Hall–Kier alpha value is -0.314. The van der Waals surface area contributed by atoms with Gasteiger partial charge in [-0.15, -0.1) is 0 Å². The SMILES string of the molecule is CCC1=Cc2ccccc2[CH]1[Zr]([CH3])([CH3])[C](C)(C)[Zr]([CH3])([CH3])[CH]1C(CC)=Cc2ccccc21. The number of allylic oxidation sites excluding steroid dienone is 2. The second kappa shape index (κ2) is 8.48. The molecule has 2 aliphatic rings. The number of benzene rings is 2. The summed E-state index contributed by atoms with van der Waals surface area (Å²) in [6, 6.07) is 18.6. The Bertz CT molecular complexity index is 968. The molecule has 0 aliphatic heterocycles. The first-order valence-electron chi connectivity index (χ1n) is 12.2. The molecule has 2 aromatic carbocycles. The zero-order valence-corrected chi connectivity index (χ0v) is 25.8. The van der Waals surface area contributed by atoms with Crippen LogP contribution in [0.1, 0.15) is 70.0 Å². The van der Waals surface area contributed by atoms with Gasteiger partial charge in [0.05, 0.1) is 0 Å². The van der Waals surface area contributed by atoms with E-state index in [1.54, 1.807) is 22.3 Å². The van der Waals surface area contributed by atoms with Crippen molar-refractivity contribution in [1.29, 1.82) is 0 Å². The summed E-state index contributed by atoms with van der Waals surface area (Å²) in [5.41, 5.74) is 9.73. The van der Waals surface area contributed by atoms with Crippen LogP contribution < -0.4 is 0 Å². The molecule has 2 aliphatic carbocycles. The summed E-state index contributed by atoms with van der Waals surface area (Å²) in [6.45, 7) is 10.2. The fraction of sp³-hybridized carbons (Fsp3) is 0.448. The fourth-order valence-electron chi connectivity index (χ4n) is 6.64. The van der Waals surface area contributed by atoms with Crippen LogP contribution in [-0.2, 0) is 40.5 Å². The van der Waals surface area contributed by atoms with Crippen molar-refractivity contribution in [3.05, 3.63) is 81.9 Å². The van der Waals surface area contributed by atoms with Crippen LogP contribution >= 0.6 is 0 Å². The van der Waals surface area contributed by atoms with Crippen molar-refractivity contribution in [2.45, 2.75) is 67.1 Å². The minimum absolute atomic E-state index is 0.510. The summed E-state index contributed by atoms with van der Waals surface area (Å²) in [7, 11) is 0. The number of fused-ring (bicyclic) bond motifs is 2. The van der Waals surface area contributed by atoms with E-state index in [-0.39, 0.29) is 0 Å². The summed E-state index contributed by atoms with van der Waals surface area (Å²) in [5.74, 6) is 0. The summed E-state index contributed by atoms with van der Waals surface area (Å²) in [4.78, 5) is 0. The Morgan fingerprint density at radius 2 is 1.00 bits per heavy atom. The topological polar surface area (TPSA) is 0 Å². The van der Waals surface area contributed by atoms with Crippen molar-refractivity contribution in [1.82, 2.24) is 0 Å². The third kappa shape index (κ3) is 3.58. The van der Waals surface area contributed by atoms with E-state index in [4.69, 9.17) is 0 Å². The second-order valence-corrected chi connectivity index (χ2v) is 40.3. The van der Waals surface area contributed by atoms with Crippen LogP contribution in [0.3, 0.4) is 0 Å². The van der Waals surface area contributed by atoms with E-state index in [1.165, 1.54) is 24.0 Å².